The first-order valence-corrected chi connectivity index (χ1v) is 7.29. The number of aromatic nitrogens is 1. The zero-order valence-corrected chi connectivity index (χ0v) is 12.1. The molecule has 1 aliphatic carbocycles. The smallest absolute Gasteiger partial charge is 0.0933 e. The highest BCUT2D eigenvalue weighted by molar-refractivity contribution is 7.09. The van der Waals surface area contributed by atoms with Crippen molar-refractivity contribution < 1.29 is 5.11 Å². The summed E-state index contributed by atoms with van der Waals surface area (Å²) in [6.45, 7) is 8.88. The summed E-state index contributed by atoms with van der Waals surface area (Å²) < 4.78 is 0. The average Bonchev–Trinajstić information content (AvgIpc) is 2.73. The van der Waals surface area contributed by atoms with E-state index in [1.807, 2.05) is 0 Å². The largest absolute Gasteiger partial charge is 0.393 e. The SMILES string of the molecule is CC1(Cc2nc(C(C)(C)C)cs2)CCC(O)C1. The van der Waals surface area contributed by atoms with Crippen LogP contribution in [0.1, 0.15) is 57.7 Å². The molecule has 1 saturated carbocycles. The second-order valence-electron chi connectivity index (χ2n) is 6.76. The van der Waals surface area contributed by atoms with Crippen molar-refractivity contribution in [2.45, 2.75) is 64.9 Å². The molecule has 17 heavy (non-hydrogen) atoms. The molecule has 1 heterocycles. The van der Waals surface area contributed by atoms with Crippen molar-refractivity contribution in [3.63, 3.8) is 0 Å². The second-order valence-corrected chi connectivity index (χ2v) is 7.70. The van der Waals surface area contributed by atoms with E-state index in [1.165, 1.54) is 10.7 Å². The van der Waals surface area contributed by atoms with Crippen molar-refractivity contribution in [1.29, 1.82) is 0 Å². The number of thiazole rings is 1. The summed E-state index contributed by atoms with van der Waals surface area (Å²) in [7, 11) is 0. The predicted octanol–water partition coefficient (Wildman–Crippen LogP) is 3.53. The molecular weight excluding hydrogens is 230 g/mol. The molecule has 2 atom stereocenters. The Bertz CT molecular complexity index is 393. The molecule has 2 unspecified atom stereocenters. The third-order valence-electron chi connectivity index (χ3n) is 3.71. The van der Waals surface area contributed by atoms with E-state index < -0.39 is 0 Å². The van der Waals surface area contributed by atoms with Crippen LogP contribution in [0, 0.1) is 5.41 Å². The first kappa shape index (κ1) is 13.0. The van der Waals surface area contributed by atoms with Gasteiger partial charge in [-0.25, -0.2) is 4.98 Å². The van der Waals surface area contributed by atoms with Gasteiger partial charge in [-0.2, -0.15) is 0 Å². The van der Waals surface area contributed by atoms with E-state index in [0.29, 0.717) is 0 Å². The Kier molecular flexibility index (Phi) is 3.34. The molecule has 0 spiro atoms. The normalized spacial score (nSPS) is 29.8. The van der Waals surface area contributed by atoms with Crippen LogP contribution in [0.5, 0.6) is 0 Å². The topological polar surface area (TPSA) is 33.1 Å². The highest BCUT2D eigenvalue weighted by Crippen LogP contribution is 2.41. The zero-order chi connectivity index (χ0) is 12.7. The van der Waals surface area contributed by atoms with Crippen molar-refractivity contribution in [2.75, 3.05) is 0 Å². The maximum Gasteiger partial charge on any atom is 0.0933 e. The van der Waals surface area contributed by atoms with Crippen molar-refractivity contribution in [3.8, 4) is 0 Å². The van der Waals surface area contributed by atoms with Gasteiger partial charge in [-0.05, 0) is 24.7 Å². The molecule has 0 aromatic carbocycles. The molecule has 0 saturated heterocycles. The number of hydrogen-bond donors (Lipinski definition) is 1. The Balaban J connectivity index is 2.07. The summed E-state index contributed by atoms with van der Waals surface area (Å²) in [5.41, 5.74) is 1.59. The van der Waals surface area contributed by atoms with Gasteiger partial charge in [0.2, 0.25) is 0 Å². The Morgan fingerprint density at radius 2 is 2.24 bits per heavy atom. The highest BCUT2D eigenvalue weighted by atomic mass is 32.1. The van der Waals surface area contributed by atoms with E-state index in [4.69, 9.17) is 4.98 Å². The fraction of sp³-hybridized carbons (Fsp3) is 0.786. The molecular formula is C14H23NOS. The van der Waals surface area contributed by atoms with Crippen LogP contribution in [0.15, 0.2) is 5.38 Å². The molecule has 1 aromatic heterocycles. The number of nitrogens with zero attached hydrogens (tertiary/aromatic N) is 1. The fourth-order valence-corrected chi connectivity index (χ4v) is 3.79. The maximum absolute atomic E-state index is 9.66. The number of aliphatic hydroxyl groups excluding tert-OH is 1. The average molecular weight is 253 g/mol. The van der Waals surface area contributed by atoms with Crippen molar-refractivity contribution in [2.24, 2.45) is 5.41 Å². The third-order valence-corrected chi connectivity index (χ3v) is 4.56. The van der Waals surface area contributed by atoms with Crippen LogP contribution < -0.4 is 0 Å². The van der Waals surface area contributed by atoms with Gasteiger partial charge in [0.1, 0.15) is 0 Å². The van der Waals surface area contributed by atoms with Gasteiger partial charge in [-0.3, -0.25) is 0 Å². The lowest BCUT2D eigenvalue weighted by atomic mass is 9.85. The fourth-order valence-electron chi connectivity index (χ4n) is 2.55. The summed E-state index contributed by atoms with van der Waals surface area (Å²) in [5, 5.41) is 13.1. The van der Waals surface area contributed by atoms with Crippen molar-refractivity contribution in [1.82, 2.24) is 4.98 Å². The van der Waals surface area contributed by atoms with E-state index >= 15 is 0 Å². The first-order valence-electron chi connectivity index (χ1n) is 6.41. The molecule has 0 amide bonds. The summed E-state index contributed by atoms with van der Waals surface area (Å²) >= 11 is 1.77. The van der Waals surface area contributed by atoms with Gasteiger partial charge in [0.25, 0.3) is 0 Å². The third kappa shape index (κ3) is 3.08. The van der Waals surface area contributed by atoms with Gasteiger partial charge in [0.15, 0.2) is 0 Å². The van der Waals surface area contributed by atoms with E-state index in [9.17, 15) is 5.11 Å². The predicted molar refractivity (Wildman–Crippen MR) is 72.5 cm³/mol. The Labute approximate surface area is 108 Å². The van der Waals surface area contributed by atoms with Crippen LogP contribution in [0.4, 0.5) is 0 Å². The van der Waals surface area contributed by atoms with Crippen LogP contribution in [0.25, 0.3) is 0 Å². The van der Waals surface area contributed by atoms with Crippen LogP contribution >= 0.6 is 11.3 Å². The van der Waals surface area contributed by atoms with Crippen LogP contribution in [0.2, 0.25) is 0 Å². The molecule has 1 N–H and O–H groups in total. The number of rotatable bonds is 2. The van der Waals surface area contributed by atoms with Gasteiger partial charge >= 0.3 is 0 Å². The minimum Gasteiger partial charge on any atom is -0.393 e. The molecule has 0 aliphatic heterocycles. The molecule has 1 fully saturated rings. The summed E-state index contributed by atoms with van der Waals surface area (Å²) in [6.07, 6.45) is 3.93. The van der Waals surface area contributed by atoms with E-state index in [2.05, 4.69) is 33.1 Å². The Morgan fingerprint density at radius 1 is 1.53 bits per heavy atom. The summed E-state index contributed by atoms with van der Waals surface area (Å²) in [6, 6.07) is 0. The lowest BCUT2D eigenvalue weighted by molar-refractivity contribution is 0.163. The van der Waals surface area contributed by atoms with Gasteiger partial charge in [0, 0.05) is 17.2 Å². The highest BCUT2D eigenvalue weighted by Gasteiger charge is 2.35. The van der Waals surface area contributed by atoms with Gasteiger partial charge in [0.05, 0.1) is 16.8 Å². The van der Waals surface area contributed by atoms with E-state index in [1.54, 1.807) is 11.3 Å². The molecule has 1 aliphatic rings. The first-order chi connectivity index (χ1) is 7.78. The standard InChI is InChI=1S/C14H23NOS/c1-13(2,3)11-9-17-12(15-11)8-14(4)6-5-10(16)7-14/h9-10,16H,5-8H2,1-4H3. The second kappa shape index (κ2) is 4.36. The minimum atomic E-state index is -0.0953. The molecule has 2 rings (SSSR count). The quantitative estimate of drug-likeness (QED) is 0.874. The molecule has 0 bridgehead atoms. The number of aliphatic hydroxyl groups is 1. The van der Waals surface area contributed by atoms with Crippen LogP contribution in [-0.4, -0.2) is 16.2 Å². The zero-order valence-electron chi connectivity index (χ0n) is 11.3. The van der Waals surface area contributed by atoms with Crippen molar-refractivity contribution in [3.05, 3.63) is 16.1 Å². The molecule has 2 nitrogen and oxygen atoms in total. The molecule has 96 valence electrons. The van der Waals surface area contributed by atoms with E-state index in [-0.39, 0.29) is 16.9 Å². The van der Waals surface area contributed by atoms with Gasteiger partial charge in [-0.1, -0.05) is 27.7 Å². The van der Waals surface area contributed by atoms with Gasteiger partial charge < -0.3 is 5.11 Å². The summed E-state index contributed by atoms with van der Waals surface area (Å²) in [5.74, 6) is 0. The van der Waals surface area contributed by atoms with E-state index in [0.717, 1.165) is 25.7 Å². The molecule has 3 heteroatoms. The Morgan fingerprint density at radius 3 is 2.71 bits per heavy atom. The Hall–Kier alpha value is -0.410. The number of hydrogen-bond acceptors (Lipinski definition) is 3. The lowest BCUT2D eigenvalue weighted by Crippen LogP contribution is -2.17. The molecule has 1 aromatic rings. The van der Waals surface area contributed by atoms with Crippen LogP contribution in [0.3, 0.4) is 0 Å². The molecule has 0 radical (unpaired) electrons. The maximum atomic E-state index is 9.66. The van der Waals surface area contributed by atoms with Gasteiger partial charge in [-0.15, -0.1) is 11.3 Å². The monoisotopic (exact) mass is 253 g/mol. The van der Waals surface area contributed by atoms with Crippen molar-refractivity contribution >= 4 is 11.3 Å². The lowest BCUT2D eigenvalue weighted by Gasteiger charge is -2.22. The van der Waals surface area contributed by atoms with Crippen LogP contribution in [-0.2, 0) is 11.8 Å². The summed E-state index contributed by atoms with van der Waals surface area (Å²) in [4.78, 5) is 4.75. The minimum absolute atomic E-state index is 0.0953.